The fraction of sp³-hybridized carbons (Fsp3) is 0.529. The first-order chi connectivity index (χ1) is 9.72. The predicted molar refractivity (Wildman–Crippen MR) is 92.4 cm³/mol. The van der Waals surface area contributed by atoms with E-state index in [-0.39, 0.29) is 0 Å². The lowest BCUT2D eigenvalue weighted by molar-refractivity contribution is 0.307. The molecule has 0 saturated heterocycles. The van der Waals surface area contributed by atoms with Gasteiger partial charge in [-0.05, 0) is 63.1 Å². The summed E-state index contributed by atoms with van der Waals surface area (Å²) in [6.45, 7) is 5.68. The third kappa shape index (κ3) is 2.56. The largest absolute Gasteiger partial charge is 0.310 e. The van der Waals surface area contributed by atoms with E-state index in [1.807, 2.05) is 11.3 Å². The van der Waals surface area contributed by atoms with Crippen molar-refractivity contribution in [3.05, 3.63) is 33.6 Å². The lowest BCUT2D eigenvalue weighted by atomic mass is 9.85. The van der Waals surface area contributed by atoms with Crippen LogP contribution >= 0.6 is 27.3 Å². The van der Waals surface area contributed by atoms with Crippen molar-refractivity contribution in [3.8, 4) is 0 Å². The van der Waals surface area contributed by atoms with Crippen molar-refractivity contribution < 1.29 is 0 Å². The molecular weight excluding hydrogens is 330 g/mol. The fourth-order valence-corrected chi connectivity index (χ4v) is 5.32. The second kappa shape index (κ2) is 6.17. The van der Waals surface area contributed by atoms with Gasteiger partial charge in [-0.25, -0.2) is 0 Å². The SMILES string of the molecule is CCNC(c1csc2c(Br)cccc12)C1CCCC1C. The zero-order valence-corrected chi connectivity index (χ0v) is 14.6. The predicted octanol–water partition coefficient (Wildman–Crippen LogP) is 5.75. The first-order valence-corrected chi connectivity index (χ1v) is 9.28. The number of hydrogen-bond donors (Lipinski definition) is 1. The zero-order valence-electron chi connectivity index (χ0n) is 12.2. The van der Waals surface area contributed by atoms with Crippen molar-refractivity contribution in [1.29, 1.82) is 0 Å². The molecule has 1 saturated carbocycles. The molecule has 20 heavy (non-hydrogen) atoms. The van der Waals surface area contributed by atoms with Crippen LogP contribution in [-0.4, -0.2) is 6.54 Å². The van der Waals surface area contributed by atoms with Crippen LogP contribution in [0.3, 0.4) is 0 Å². The Balaban J connectivity index is 2.03. The summed E-state index contributed by atoms with van der Waals surface area (Å²) in [5.41, 5.74) is 1.51. The molecule has 3 atom stereocenters. The third-order valence-electron chi connectivity index (χ3n) is 4.70. The number of nitrogens with one attached hydrogen (secondary N) is 1. The molecule has 1 aliphatic carbocycles. The summed E-state index contributed by atoms with van der Waals surface area (Å²) < 4.78 is 2.61. The molecular formula is C17H22BrNS. The van der Waals surface area contributed by atoms with Gasteiger partial charge in [0.1, 0.15) is 0 Å². The van der Waals surface area contributed by atoms with Crippen LogP contribution in [0.15, 0.2) is 28.1 Å². The molecule has 0 spiro atoms. The number of hydrogen-bond acceptors (Lipinski definition) is 2. The summed E-state index contributed by atoms with van der Waals surface area (Å²) in [5, 5.41) is 7.55. The maximum atomic E-state index is 3.76. The molecule has 0 radical (unpaired) electrons. The minimum absolute atomic E-state index is 0.514. The number of rotatable bonds is 4. The van der Waals surface area contributed by atoms with Gasteiger partial charge in [-0.1, -0.05) is 38.8 Å². The molecule has 1 heterocycles. The Morgan fingerprint density at radius 3 is 2.95 bits per heavy atom. The van der Waals surface area contributed by atoms with Gasteiger partial charge in [0.05, 0.1) is 0 Å². The standard InChI is InChI=1S/C17H22BrNS/c1-3-19-16(12-7-4-6-11(12)2)14-10-20-17-13(14)8-5-9-15(17)18/h5,8-12,16,19H,3-4,6-7H2,1-2H3. The Bertz CT molecular complexity index is 592. The summed E-state index contributed by atoms with van der Waals surface area (Å²) in [7, 11) is 0. The van der Waals surface area contributed by atoms with E-state index in [1.165, 1.54) is 39.4 Å². The molecule has 1 aromatic carbocycles. The molecule has 1 N–H and O–H groups in total. The molecule has 0 amide bonds. The highest BCUT2D eigenvalue weighted by atomic mass is 79.9. The van der Waals surface area contributed by atoms with E-state index in [4.69, 9.17) is 0 Å². The Morgan fingerprint density at radius 1 is 1.40 bits per heavy atom. The average Bonchev–Trinajstić information content (AvgIpc) is 3.04. The minimum Gasteiger partial charge on any atom is -0.310 e. The Kier molecular flexibility index (Phi) is 4.49. The fourth-order valence-electron chi connectivity index (χ4n) is 3.66. The second-order valence-electron chi connectivity index (χ2n) is 5.91. The van der Waals surface area contributed by atoms with Crippen LogP contribution in [0.4, 0.5) is 0 Å². The maximum absolute atomic E-state index is 3.76. The quantitative estimate of drug-likeness (QED) is 0.739. The van der Waals surface area contributed by atoms with E-state index in [0.717, 1.165) is 18.4 Å². The van der Waals surface area contributed by atoms with Crippen LogP contribution in [0.5, 0.6) is 0 Å². The van der Waals surface area contributed by atoms with E-state index in [1.54, 1.807) is 0 Å². The molecule has 3 rings (SSSR count). The average molecular weight is 352 g/mol. The van der Waals surface area contributed by atoms with Gasteiger partial charge in [-0.2, -0.15) is 0 Å². The summed E-state index contributed by atoms with van der Waals surface area (Å²) in [6, 6.07) is 7.09. The topological polar surface area (TPSA) is 12.0 Å². The normalized spacial score (nSPS) is 24.4. The van der Waals surface area contributed by atoms with Gasteiger partial charge in [-0.15, -0.1) is 11.3 Å². The van der Waals surface area contributed by atoms with Gasteiger partial charge in [0.25, 0.3) is 0 Å². The molecule has 1 aliphatic rings. The van der Waals surface area contributed by atoms with Gasteiger partial charge in [0, 0.05) is 15.2 Å². The molecule has 1 nitrogen and oxygen atoms in total. The van der Waals surface area contributed by atoms with Crippen LogP contribution in [0.1, 0.15) is 44.7 Å². The van der Waals surface area contributed by atoms with Crippen molar-refractivity contribution in [3.63, 3.8) is 0 Å². The lowest BCUT2D eigenvalue weighted by Crippen LogP contribution is -2.29. The molecule has 1 aromatic heterocycles. The van der Waals surface area contributed by atoms with Crippen LogP contribution in [-0.2, 0) is 0 Å². The molecule has 0 aliphatic heterocycles. The Hall–Kier alpha value is -0.380. The van der Waals surface area contributed by atoms with Crippen molar-refractivity contribution >= 4 is 37.4 Å². The van der Waals surface area contributed by atoms with E-state index in [2.05, 4.69) is 58.7 Å². The van der Waals surface area contributed by atoms with Gasteiger partial charge in [0.2, 0.25) is 0 Å². The zero-order chi connectivity index (χ0) is 14.1. The van der Waals surface area contributed by atoms with Crippen LogP contribution in [0.25, 0.3) is 10.1 Å². The minimum atomic E-state index is 0.514. The van der Waals surface area contributed by atoms with Crippen molar-refractivity contribution in [2.75, 3.05) is 6.54 Å². The molecule has 2 aromatic rings. The van der Waals surface area contributed by atoms with Crippen molar-refractivity contribution in [1.82, 2.24) is 5.32 Å². The van der Waals surface area contributed by atoms with E-state index in [9.17, 15) is 0 Å². The first kappa shape index (κ1) is 14.6. The van der Waals surface area contributed by atoms with Crippen molar-refractivity contribution in [2.45, 2.75) is 39.2 Å². The second-order valence-corrected chi connectivity index (χ2v) is 7.65. The molecule has 3 heteroatoms. The summed E-state index contributed by atoms with van der Waals surface area (Å²) in [6.07, 6.45) is 4.14. The Labute approximate surface area is 133 Å². The first-order valence-electron chi connectivity index (χ1n) is 7.61. The van der Waals surface area contributed by atoms with E-state index < -0.39 is 0 Å². The van der Waals surface area contributed by atoms with Gasteiger partial charge >= 0.3 is 0 Å². The number of fused-ring (bicyclic) bond motifs is 1. The number of halogens is 1. The van der Waals surface area contributed by atoms with E-state index >= 15 is 0 Å². The number of thiophene rings is 1. The smallest absolute Gasteiger partial charge is 0.0488 e. The van der Waals surface area contributed by atoms with Crippen LogP contribution in [0, 0.1) is 11.8 Å². The molecule has 3 unspecified atom stereocenters. The molecule has 0 bridgehead atoms. The molecule has 108 valence electrons. The van der Waals surface area contributed by atoms with Gasteiger partial charge < -0.3 is 5.32 Å². The molecule has 1 fully saturated rings. The third-order valence-corrected chi connectivity index (χ3v) is 6.67. The lowest BCUT2D eigenvalue weighted by Gasteiger charge is -2.27. The number of benzene rings is 1. The van der Waals surface area contributed by atoms with Gasteiger partial charge in [-0.3, -0.25) is 0 Å². The maximum Gasteiger partial charge on any atom is 0.0488 e. The highest BCUT2D eigenvalue weighted by Crippen LogP contribution is 2.44. The summed E-state index contributed by atoms with van der Waals surface area (Å²) in [4.78, 5) is 0. The summed E-state index contributed by atoms with van der Waals surface area (Å²) in [5.74, 6) is 1.62. The Morgan fingerprint density at radius 2 is 2.25 bits per heavy atom. The van der Waals surface area contributed by atoms with Crippen molar-refractivity contribution in [2.24, 2.45) is 11.8 Å². The van der Waals surface area contributed by atoms with Gasteiger partial charge in [0.15, 0.2) is 0 Å². The van der Waals surface area contributed by atoms with E-state index in [0.29, 0.717) is 6.04 Å². The highest BCUT2D eigenvalue weighted by Gasteiger charge is 2.32. The van der Waals surface area contributed by atoms with Crippen LogP contribution < -0.4 is 5.32 Å². The highest BCUT2D eigenvalue weighted by molar-refractivity contribution is 9.10. The van der Waals surface area contributed by atoms with Crippen LogP contribution in [0.2, 0.25) is 0 Å². The summed E-state index contributed by atoms with van der Waals surface area (Å²) >= 11 is 5.55. The monoisotopic (exact) mass is 351 g/mol.